The second kappa shape index (κ2) is 5.50. The molecule has 0 aliphatic rings. The Morgan fingerprint density at radius 3 is 2.74 bits per heavy atom. The molecule has 0 aliphatic heterocycles. The Morgan fingerprint density at radius 2 is 2.21 bits per heavy atom. The van der Waals surface area contributed by atoms with Gasteiger partial charge in [0.25, 0.3) is 5.91 Å². The van der Waals surface area contributed by atoms with Crippen molar-refractivity contribution in [2.45, 2.75) is 0 Å². The predicted molar refractivity (Wildman–Crippen MR) is 81.2 cm³/mol. The number of carbonyl (C=O) groups is 1. The number of hydrogen-bond donors (Lipinski definition) is 2. The Morgan fingerprint density at radius 1 is 1.47 bits per heavy atom. The van der Waals surface area contributed by atoms with Gasteiger partial charge < -0.3 is 11.1 Å². The van der Waals surface area contributed by atoms with E-state index in [2.05, 4.69) is 26.3 Å². The largest absolute Gasteiger partial charge is 0.389 e. The Balaban J connectivity index is 2.20. The Hall–Kier alpha value is -1.73. The maximum Gasteiger partial charge on any atom is 0.258 e. The number of rotatable bonds is 3. The molecule has 2 aromatic rings. The molecule has 0 spiro atoms. The fourth-order valence-corrected chi connectivity index (χ4v) is 2.11. The molecule has 2 rings (SSSR count). The SMILES string of the molecule is Cn1cc(C(=O)Nc2ccc(C(N)=S)cc2Br)cn1. The van der Waals surface area contributed by atoms with Gasteiger partial charge in [-0.3, -0.25) is 9.48 Å². The number of anilines is 1. The summed E-state index contributed by atoms with van der Waals surface area (Å²) < 4.78 is 2.29. The van der Waals surface area contributed by atoms with E-state index in [4.69, 9.17) is 18.0 Å². The number of hydrogen-bond acceptors (Lipinski definition) is 3. The molecule has 0 aliphatic carbocycles. The lowest BCUT2D eigenvalue weighted by Crippen LogP contribution is -2.13. The predicted octanol–water partition coefficient (Wildman–Crippen LogP) is 2.07. The molecule has 19 heavy (non-hydrogen) atoms. The molecule has 0 fully saturated rings. The second-order valence-corrected chi connectivity index (χ2v) is 5.21. The number of halogens is 1. The van der Waals surface area contributed by atoms with Gasteiger partial charge in [0, 0.05) is 23.3 Å². The molecule has 0 saturated carbocycles. The maximum absolute atomic E-state index is 12.0. The van der Waals surface area contributed by atoms with Gasteiger partial charge in [-0.15, -0.1) is 0 Å². The lowest BCUT2D eigenvalue weighted by atomic mass is 10.2. The van der Waals surface area contributed by atoms with Crippen LogP contribution in [0.25, 0.3) is 0 Å². The summed E-state index contributed by atoms with van der Waals surface area (Å²) in [5.41, 5.74) is 7.42. The van der Waals surface area contributed by atoms with Gasteiger partial charge in [-0.1, -0.05) is 12.2 Å². The lowest BCUT2D eigenvalue weighted by molar-refractivity contribution is 0.102. The summed E-state index contributed by atoms with van der Waals surface area (Å²) in [6, 6.07) is 5.26. The third-order valence-corrected chi connectivity index (χ3v) is 3.36. The van der Waals surface area contributed by atoms with Gasteiger partial charge in [0.15, 0.2) is 0 Å². The number of carbonyl (C=O) groups excluding carboxylic acids is 1. The van der Waals surface area contributed by atoms with Crippen molar-refractivity contribution >= 4 is 44.7 Å². The third-order valence-electron chi connectivity index (χ3n) is 2.47. The zero-order valence-corrected chi connectivity index (χ0v) is 12.5. The number of amides is 1. The maximum atomic E-state index is 12.0. The smallest absolute Gasteiger partial charge is 0.258 e. The van der Waals surface area contributed by atoms with Crippen molar-refractivity contribution in [1.82, 2.24) is 9.78 Å². The van der Waals surface area contributed by atoms with Crippen molar-refractivity contribution in [3.8, 4) is 0 Å². The molecule has 98 valence electrons. The first-order chi connectivity index (χ1) is 8.97. The van der Waals surface area contributed by atoms with Gasteiger partial charge >= 0.3 is 0 Å². The number of nitrogens with two attached hydrogens (primary N) is 1. The van der Waals surface area contributed by atoms with E-state index >= 15 is 0 Å². The van der Waals surface area contributed by atoms with Crippen molar-refractivity contribution in [3.05, 3.63) is 46.2 Å². The van der Waals surface area contributed by atoms with Gasteiger partial charge in [-0.2, -0.15) is 5.10 Å². The van der Waals surface area contributed by atoms with Gasteiger partial charge in [0.2, 0.25) is 0 Å². The number of aromatic nitrogens is 2. The van der Waals surface area contributed by atoms with Crippen LogP contribution in [0, 0.1) is 0 Å². The molecule has 0 bridgehead atoms. The number of thiocarbonyl (C=S) groups is 1. The Bertz CT molecular complexity index is 653. The molecule has 0 atom stereocenters. The van der Waals surface area contributed by atoms with E-state index in [9.17, 15) is 4.79 Å². The number of benzene rings is 1. The van der Waals surface area contributed by atoms with E-state index in [1.165, 1.54) is 6.20 Å². The standard InChI is InChI=1S/C12H11BrN4OS/c1-17-6-8(5-15-17)12(18)16-10-3-2-7(11(14)19)4-9(10)13/h2-6H,1H3,(H2,14,19)(H,16,18). The fraction of sp³-hybridized carbons (Fsp3) is 0.0833. The summed E-state index contributed by atoms with van der Waals surface area (Å²) in [5, 5.41) is 6.73. The summed E-state index contributed by atoms with van der Waals surface area (Å²) >= 11 is 8.26. The van der Waals surface area contributed by atoms with Gasteiger partial charge in [-0.05, 0) is 34.1 Å². The van der Waals surface area contributed by atoms with Crippen molar-refractivity contribution < 1.29 is 4.79 Å². The molecule has 0 unspecified atom stereocenters. The van der Waals surface area contributed by atoms with Crippen LogP contribution in [0.5, 0.6) is 0 Å². The van der Waals surface area contributed by atoms with E-state index in [-0.39, 0.29) is 5.91 Å². The van der Waals surface area contributed by atoms with E-state index in [1.54, 1.807) is 36.1 Å². The summed E-state index contributed by atoms with van der Waals surface area (Å²) in [5.74, 6) is -0.225. The van der Waals surface area contributed by atoms with Crippen molar-refractivity contribution in [2.24, 2.45) is 12.8 Å². The monoisotopic (exact) mass is 338 g/mol. The first-order valence-electron chi connectivity index (χ1n) is 5.36. The zero-order chi connectivity index (χ0) is 14.0. The van der Waals surface area contributed by atoms with E-state index in [1.807, 2.05) is 0 Å². The molecule has 0 saturated heterocycles. The molecular formula is C12H11BrN4OS. The van der Waals surface area contributed by atoms with Crippen molar-refractivity contribution in [2.75, 3.05) is 5.32 Å². The van der Waals surface area contributed by atoms with Gasteiger partial charge in [0.1, 0.15) is 4.99 Å². The minimum atomic E-state index is -0.225. The molecule has 1 heterocycles. The van der Waals surface area contributed by atoms with Crippen LogP contribution in [0.2, 0.25) is 0 Å². The first-order valence-corrected chi connectivity index (χ1v) is 6.57. The van der Waals surface area contributed by atoms with Crippen LogP contribution in [0.3, 0.4) is 0 Å². The minimum Gasteiger partial charge on any atom is -0.389 e. The molecule has 1 aromatic carbocycles. The minimum absolute atomic E-state index is 0.225. The topological polar surface area (TPSA) is 72.9 Å². The molecule has 1 amide bonds. The normalized spacial score (nSPS) is 10.2. The highest BCUT2D eigenvalue weighted by Gasteiger charge is 2.10. The molecular weight excluding hydrogens is 328 g/mol. The number of nitrogens with zero attached hydrogens (tertiary/aromatic N) is 2. The number of nitrogens with one attached hydrogen (secondary N) is 1. The van der Waals surface area contributed by atoms with Crippen molar-refractivity contribution in [3.63, 3.8) is 0 Å². The van der Waals surface area contributed by atoms with Crippen LogP contribution in [0.1, 0.15) is 15.9 Å². The highest BCUT2D eigenvalue weighted by atomic mass is 79.9. The van der Waals surface area contributed by atoms with E-state index in [0.29, 0.717) is 16.2 Å². The third kappa shape index (κ3) is 3.18. The fourth-order valence-electron chi connectivity index (χ4n) is 1.50. The van der Waals surface area contributed by atoms with E-state index in [0.717, 1.165) is 10.0 Å². The molecule has 1 aromatic heterocycles. The average Bonchev–Trinajstić information content (AvgIpc) is 2.78. The summed E-state index contributed by atoms with van der Waals surface area (Å²) in [4.78, 5) is 12.3. The molecule has 5 nitrogen and oxygen atoms in total. The Kier molecular flexibility index (Phi) is 3.96. The van der Waals surface area contributed by atoms with Crippen LogP contribution < -0.4 is 11.1 Å². The lowest BCUT2D eigenvalue weighted by Gasteiger charge is -2.07. The Labute approximate surface area is 123 Å². The van der Waals surface area contributed by atoms with Crippen molar-refractivity contribution in [1.29, 1.82) is 0 Å². The highest BCUT2D eigenvalue weighted by molar-refractivity contribution is 9.10. The van der Waals surface area contributed by atoms with E-state index < -0.39 is 0 Å². The summed E-state index contributed by atoms with van der Waals surface area (Å²) in [7, 11) is 1.75. The zero-order valence-electron chi connectivity index (χ0n) is 10.1. The summed E-state index contributed by atoms with van der Waals surface area (Å²) in [6.07, 6.45) is 3.15. The van der Waals surface area contributed by atoms with Gasteiger partial charge in [-0.25, -0.2) is 0 Å². The highest BCUT2D eigenvalue weighted by Crippen LogP contribution is 2.24. The summed E-state index contributed by atoms with van der Waals surface area (Å²) in [6.45, 7) is 0. The van der Waals surface area contributed by atoms with Crippen LogP contribution in [-0.2, 0) is 7.05 Å². The molecule has 0 radical (unpaired) electrons. The molecule has 3 N–H and O–H groups in total. The van der Waals surface area contributed by atoms with Crippen LogP contribution in [-0.4, -0.2) is 20.7 Å². The molecule has 7 heteroatoms. The average molecular weight is 339 g/mol. The number of aryl methyl sites for hydroxylation is 1. The van der Waals surface area contributed by atoms with Crippen LogP contribution in [0.4, 0.5) is 5.69 Å². The second-order valence-electron chi connectivity index (χ2n) is 3.92. The van der Waals surface area contributed by atoms with Crippen LogP contribution in [0.15, 0.2) is 35.1 Å². The van der Waals surface area contributed by atoms with Gasteiger partial charge in [0.05, 0.1) is 17.4 Å². The first kappa shape index (κ1) is 13.7. The van der Waals surface area contributed by atoms with Crippen LogP contribution >= 0.6 is 28.1 Å². The quantitative estimate of drug-likeness (QED) is 0.840.